The van der Waals surface area contributed by atoms with Crippen molar-refractivity contribution in [2.75, 3.05) is 40.4 Å². The van der Waals surface area contributed by atoms with Crippen molar-refractivity contribution in [3.05, 3.63) is 0 Å². The molecule has 0 aromatic heterocycles. The number of likely N-dealkylation sites (N-methyl/N-ethyl adjacent to an activating group) is 1. The van der Waals surface area contributed by atoms with Crippen molar-refractivity contribution in [2.24, 2.45) is 5.92 Å². The van der Waals surface area contributed by atoms with Crippen LogP contribution < -0.4 is 5.32 Å². The Morgan fingerprint density at radius 2 is 2.25 bits per heavy atom. The molecule has 16 heavy (non-hydrogen) atoms. The molecular weight excluding hydrogens is 208 g/mol. The molecule has 0 saturated heterocycles. The van der Waals surface area contributed by atoms with Crippen molar-refractivity contribution in [3.63, 3.8) is 0 Å². The van der Waals surface area contributed by atoms with E-state index in [-0.39, 0.29) is 6.04 Å². The Bertz CT molecular complexity index is 219. The molecule has 2 N–H and O–H groups in total. The smallest absolute Gasteiger partial charge is 0.320 e. The number of carboxylic acid groups (broad SMARTS) is 1. The Kier molecular flexibility index (Phi) is 5.73. The van der Waals surface area contributed by atoms with Crippen molar-refractivity contribution >= 4 is 5.97 Å². The molecule has 1 aliphatic rings. The minimum atomic E-state index is -0.720. The summed E-state index contributed by atoms with van der Waals surface area (Å²) in [6, 6.07) is -0.351. The molecule has 0 aromatic carbocycles. The summed E-state index contributed by atoms with van der Waals surface area (Å²) in [4.78, 5) is 13.1. The quantitative estimate of drug-likeness (QED) is 0.584. The number of hydrogen-bond donors (Lipinski definition) is 2. The average molecular weight is 230 g/mol. The fraction of sp³-hybridized carbons (Fsp3) is 0.909. The summed E-state index contributed by atoms with van der Waals surface area (Å²) in [6.07, 6.45) is 2.09. The summed E-state index contributed by atoms with van der Waals surface area (Å²) < 4.78 is 4.97. The number of nitrogens with zero attached hydrogens (tertiary/aromatic N) is 1. The van der Waals surface area contributed by atoms with Gasteiger partial charge in [0.1, 0.15) is 6.04 Å². The van der Waals surface area contributed by atoms with Gasteiger partial charge in [0.05, 0.1) is 6.61 Å². The molecule has 5 heteroatoms. The molecule has 0 bridgehead atoms. The highest BCUT2D eigenvalue weighted by atomic mass is 16.5. The molecule has 1 fully saturated rings. The van der Waals surface area contributed by atoms with Gasteiger partial charge in [0.25, 0.3) is 0 Å². The molecule has 1 aliphatic carbocycles. The first-order chi connectivity index (χ1) is 7.65. The van der Waals surface area contributed by atoms with Crippen LogP contribution in [0.25, 0.3) is 0 Å². The van der Waals surface area contributed by atoms with Gasteiger partial charge in [0.2, 0.25) is 0 Å². The van der Waals surface area contributed by atoms with E-state index in [2.05, 4.69) is 10.2 Å². The molecule has 5 nitrogen and oxygen atoms in total. The van der Waals surface area contributed by atoms with Gasteiger partial charge in [-0.25, -0.2) is 0 Å². The SMILES string of the molecule is COCCN(C)CCNC(C(=O)O)C1CC1. The highest BCUT2D eigenvalue weighted by molar-refractivity contribution is 5.74. The van der Waals surface area contributed by atoms with Crippen LogP contribution in [0.3, 0.4) is 0 Å². The zero-order valence-corrected chi connectivity index (χ0v) is 10.1. The highest BCUT2D eigenvalue weighted by Crippen LogP contribution is 2.32. The lowest BCUT2D eigenvalue weighted by atomic mass is 10.2. The maximum Gasteiger partial charge on any atom is 0.320 e. The van der Waals surface area contributed by atoms with Gasteiger partial charge in [-0.3, -0.25) is 4.79 Å². The number of carbonyl (C=O) groups is 1. The molecule has 94 valence electrons. The van der Waals surface area contributed by atoms with Crippen LogP contribution in [-0.4, -0.2) is 62.4 Å². The van der Waals surface area contributed by atoms with Crippen molar-refractivity contribution in [1.29, 1.82) is 0 Å². The minimum absolute atomic E-state index is 0.349. The Hall–Kier alpha value is -0.650. The number of methoxy groups -OCH3 is 1. The third kappa shape index (κ3) is 4.92. The van der Waals surface area contributed by atoms with Crippen LogP contribution in [0.1, 0.15) is 12.8 Å². The zero-order valence-electron chi connectivity index (χ0n) is 10.1. The Morgan fingerprint density at radius 1 is 1.56 bits per heavy atom. The summed E-state index contributed by atoms with van der Waals surface area (Å²) in [5.41, 5.74) is 0. The Balaban J connectivity index is 2.10. The lowest BCUT2D eigenvalue weighted by Crippen LogP contribution is -2.42. The molecule has 1 atom stereocenters. The Morgan fingerprint density at radius 3 is 2.75 bits per heavy atom. The van der Waals surface area contributed by atoms with Crippen LogP contribution in [0.4, 0.5) is 0 Å². The first-order valence-electron chi connectivity index (χ1n) is 5.79. The fourth-order valence-corrected chi connectivity index (χ4v) is 1.66. The van der Waals surface area contributed by atoms with E-state index in [4.69, 9.17) is 9.84 Å². The van der Waals surface area contributed by atoms with Gasteiger partial charge < -0.3 is 20.1 Å². The van der Waals surface area contributed by atoms with Gasteiger partial charge in [0, 0.05) is 26.7 Å². The summed E-state index contributed by atoms with van der Waals surface area (Å²) in [6.45, 7) is 3.15. The van der Waals surface area contributed by atoms with Crippen LogP contribution in [0.5, 0.6) is 0 Å². The van der Waals surface area contributed by atoms with Crippen LogP contribution >= 0.6 is 0 Å². The van der Waals surface area contributed by atoms with E-state index in [1.54, 1.807) is 7.11 Å². The average Bonchev–Trinajstić information content (AvgIpc) is 3.04. The molecule has 0 aromatic rings. The maximum atomic E-state index is 10.9. The van der Waals surface area contributed by atoms with E-state index >= 15 is 0 Å². The van der Waals surface area contributed by atoms with Gasteiger partial charge in [-0.05, 0) is 25.8 Å². The first kappa shape index (κ1) is 13.4. The first-order valence-corrected chi connectivity index (χ1v) is 5.79. The monoisotopic (exact) mass is 230 g/mol. The van der Waals surface area contributed by atoms with Gasteiger partial charge >= 0.3 is 5.97 Å². The minimum Gasteiger partial charge on any atom is -0.480 e. The summed E-state index contributed by atoms with van der Waals surface area (Å²) in [5, 5.41) is 12.1. The maximum absolute atomic E-state index is 10.9. The second kappa shape index (κ2) is 6.83. The molecular formula is C11H22N2O3. The van der Waals surface area contributed by atoms with E-state index in [1.807, 2.05) is 7.05 Å². The van der Waals surface area contributed by atoms with Gasteiger partial charge in [-0.15, -0.1) is 0 Å². The number of carboxylic acids is 1. The normalized spacial score (nSPS) is 17.7. The number of hydrogen-bond acceptors (Lipinski definition) is 4. The summed E-state index contributed by atoms with van der Waals surface area (Å²) in [5.74, 6) is -0.371. The van der Waals surface area contributed by atoms with Crippen molar-refractivity contribution in [2.45, 2.75) is 18.9 Å². The van der Waals surface area contributed by atoms with Gasteiger partial charge in [0.15, 0.2) is 0 Å². The Labute approximate surface area is 96.8 Å². The van der Waals surface area contributed by atoms with E-state index < -0.39 is 5.97 Å². The number of rotatable bonds is 9. The molecule has 1 saturated carbocycles. The summed E-state index contributed by atoms with van der Waals surface area (Å²) in [7, 11) is 3.69. The van der Waals surface area contributed by atoms with E-state index in [0.29, 0.717) is 19.1 Å². The lowest BCUT2D eigenvalue weighted by molar-refractivity contribution is -0.140. The molecule has 0 spiro atoms. The predicted molar refractivity (Wildman–Crippen MR) is 61.5 cm³/mol. The molecule has 1 rings (SSSR count). The topological polar surface area (TPSA) is 61.8 Å². The highest BCUT2D eigenvalue weighted by Gasteiger charge is 2.35. The van der Waals surface area contributed by atoms with E-state index in [1.165, 1.54) is 0 Å². The molecule has 0 heterocycles. The third-order valence-corrected chi connectivity index (χ3v) is 2.89. The van der Waals surface area contributed by atoms with Gasteiger partial charge in [-0.2, -0.15) is 0 Å². The number of nitrogens with one attached hydrogen (secondary N) is 1. The zero-order chi connectivity index (χ0) is 12.0. The van der Waals surface area contributed by atoms with Crippen molar-refractivity contribution in [1.82, 2.24) is 10.2 Å². The molecule has 0 aliphatic heterocycles. The standard InChI is InChI=1S/C11H22N2O3/c1-13(7-8-16-2)6-5-12-10(11(14)15)9-3-4-9/h9-10,12H,3-8H2,1-2H3,(H,14,15). The van der Waals surface area contributed by atoms with Crippen LogP contribution in [0, 0.1) is 5.92 Å². The van der Waals surface area contributed by atoms with Crippen LogP contribution in [-0.2, 0) is 9.53 Å². The van der Waals surface area contributed by atoms with Crippen molar-refractivity contribution < 1.29 is 14.6 Å². The molecule has 0 amide bonds. The molecule has 0 radical (unpaired) electrons. The number of aliphatic carboxylic acids is 1. The predicted octanol–water partition coefficient (Wildman–Crippen LogP) is 0.0174. The third-order valence-electron chi connectivity index (χ3n) is 2.89. The summed E-state index contributed by atoms with van der Waals surface area (Å²) >= 11 is 0. The van der Waals surface area contributed by atoms with Crippen LogP contribution in [0.2, 0.25) is 0 Å². The van der Waals surface area contributed by atoms with E-state index in [9.17, 15) is 4.79 Å². The fourth-order valence-electron chi connectivity index (χ4n) is 1.66. The van der Waals surface area contributed by atoms with E-state index in [0.717, 1.165) is 25.9 Å². The largest absolute Gasteiger partial charge is 0.480 e. The number of ether oxygens (including phenoxy) is 1. The molecule has 1 unspecified atom stereocenters. The van der Waals surface area contributed by atoms with Gasteiger partial charge in [-0.1, -0.05) is 0 Å². The van der Waals surface area contributed by atoms with Crippen molar-refractivity contribution in [3.8, 4) is 0 Å². The van der Waals surface area contributed by atoms with Crippen LogP contribution in [0.15, 0.2) is 0 Å². The lowest BCUT2D eigenvalue weighted by Gasteiger charge is -2.18. The second-order valence-corrected chi connectivity index (χ2v) is 4.40. The second-order valence-electron chi connectivity index (χ2n) is 4.40.